The van der Waals surface area contributed by atoms with Crippen LogP contribution in [-0.4, -0.2) is 89.2 Å². The van der Waals surface area contributed by atoms with Gasteiger partial charge in [-0.15, -0.1) is 0 Å². The van der Waals surface area contributed by atoms with E-state index < -0.39 is 67.3 Å². The van der Waals surface area contributed by atoms with E-state index in [4.69, 9.17) is 23.7 Å². The molecular formula is C71H118O12. The normalized spacial score (nSPS) is 18.2. The van der Waals surface area contributed by atoms with E-state index in [1.54, 1.807) is 0 Å². The molecule has 1 heterocycles. The maximum absolute atomic E-state index is 13.2. The molecule has 12 nitrogen and oxygen atoms in total. The molecule has 0 bridgehead atoms. The molecule has 12 heteroatoms. The quantitative estimate of drug-likeness (QED) is 0.0228. The number of esters is 3. The van der Waals surface area contributed by atoms with Crippen LogP contribution in [0.15, 0.2) is 97.2 Å². The van der Waals surface area contributed by atoms with Gasteiger partial charge in [0.15, 0.2) is 24.6 Å². The van der Waals surface area contributed by atoms with Gasteiger partial charge in [0.25, 0.3) is 0 Å². The average molecular weight is 1160 g/mol. The van der Waals surface area contributed by atoms with Gasteiger partial charge in [-0.1, -0.05) is 234 Å². The molecule has 0 aliphatic carbocycles. The SMILES string of the molecule is CC/C=C\C/C=C\C/C=C\C/C=C\CCCCC(=O)OC(COC(=O)CCCCCCCCCCC/C=C\C/C=C\CCCCC)COC1OC(C(=O)O)C(O)C(O)C1OC(=O)CCCCCCCCCCC/C=C\C/C=C\CCCCC. The minimum atomic E-state index is -1.92. The summed E-state index contributed by atoms with van der Waals surface area (Å²) in [6.07, 6.45) is 65.0. The number of unbranched alkanes of at least 4 members (excludes halogenated alkanes) is 26. The Kier molecular flexibility index (Phi) is 53.6. The molecule has 0 amide bonds. The molecule has 6 unspecified atom stereocenters. The highest BCUT2D eigenvalue weighted by Crippen LogP contribution is 2.27. The summed E-state index contributed by atoms with van der Waals surface area (Å²) in [5.74, 6) is -3.18. The van der Waals surface area contributed by atoms with Crippen molar-refractivity contribution in [2.45, 2.75) is 314 Å². The number of carboxylic acid groups (broad SMARTS) is 1. The van der Waals surface area contributed by atoms with Crippen molar-refractivity contribution < 1.29 is 58.2 Å². The molecule has 1 rings (SSSR count). The van der Waals surface area contributed by atoms with Crippen LogP contribution in [0.1, 0.15) is 278 Å². The van der Waals surface area contributed by atoms with Gasteiger partial charge in [0.05, 0.1) is 6.61 Å². The number of hydrogen-bond acceptors (Lipinski definition) is 11. The first-order chi connectivity index (χ1) is 40.6. The number of carboxylic acids is 1. The molecule has 0 aromatic rings. The Hall–Kier alpha value is -4.36. The lowest BCUT2D eigenvalue weighted by Crippen LogP contribution is -2.61. The average Bonchev–Trinajstić information content (AvgIpc) is 3.60. The lowest BCUT2D eigenvalue weighted by Gasteiger charge is -2.40. The van der Waals surface area contributed by atoms with Crippen LogP contribution in [0.5, 0.6) is 0 Å². The molecule has 474 valence electrons. The fourth-order valence-electron chi connectivity index (χ4n) is 9.54. The number of aliphatic hydroxyl groups excluding tert-OH is 2. The van der Waals surface area contributed by atoms with Crippen molar-refractivity contribution in [3.05, 3.63) is 97.2 Å². The van der Waals surface area contributed by atoms with Gasteiger partial charge in [0.2, 0.25) is 0 Å². The third-order valence-electron chi connectivity index (χ3n) is 14.6. The summed E-state index contributed by atoms with van der Waals surface area (Å²) in [6.45, 7) is 5.82. The summed E-state index contributed by atoms with van der Waals surface area (Å²) in [7, 11) is 0. The zero-order valence-electron chi connectivity index (χ0n) is 52.4. The van der Waals surface area contributed by atoms with E-state index in [0.717, 1.165) is 109 Å². The van der Waals surface area contributed by atoms with Gasteiger partial charge in [0, 0.05) is 19.3 Å². The summed E-state index contributed by atoms with van der Waals surface area (Å²) in [6, 6.07) is 0. The molecule has 6 atom stereocenters. The molecule has 3 N–H and O–H groups in total. The van der Waals surface area contributed by atoms with Gasteiger partial charge in [-0.3, -0.25) is 14.4 Å². The lowest BCUT2D eigenvalue weighted by atomic mass is 9.98. The fraction of sp³-hybridized carbons (Fsp3) is 0.718. The highest BCUT2D eigenvalue weighted by atomic mass is 16.7. The van der Waals surface area contributed by atoms with Crippen molar-refractivity contribution in [1.29, 1.82) is 0 Å². The number of ether oxygens (including phenoxy) is 5. The fourth-order valence-corrected chi connectivity index (χ4v) is 9.54. The van der Waals surface area contributed by atoms with Crippen molar-refractivity contribution in [2.24, 2.45) is 0 Å². The van der Waals surface area contributed by atoms with Crippen LogP contribution in [0, 0.1) is 0 Å². The van der Waals surface area contributed by atoms with Crippen LogP contribution in [-0.2, 0) is 42.9 Å². The van der Waals surface area contributed by atoms with E-state index >= 15 is 0 Å². The van der Waals surface area contributed by atoms with Crippen LogP contribution in [0.2, 0.25) is 0 Å². The van der Waals surface area contributed by atoms with Crippen LogP contribution in [0.4, 0.5) is 0 Å². The molecule has 0 saturated carbocycles. The summed E-state index contributed by atoms with van der Waals surface area (Å²) >= 11 is 0. The van der Waals surface area contributed by atoms with Crippen LogP contribution in [0.25, 0.3) is 0 Å². The standard InChI is InChI=1S/C71H118O12/c1-4-7-10-13-16-19-22-25-28-30-32-34-37-39-42-45-48-51-54-57-63(72)79-60-62(81-64(73)58-55-52-49-46-43-40-36-27-24-21-18-15-12-9-6-3)61-80-71-69(67(76)66(75)68(83-71)70(77)78)82-65(74)59-56-53-50-47-44-41-38-35-33-31-29-26-23-20-17-14-11-8-5-2/h9,12,16-21,25-29,36,43,46,62,66-69,71,75-76H,4-8,10-11,13-15,22-24,30-35,37-42,44-45,47-61H2,1-3H3,(H,77,78)/b12-9-,19-16-,20-17-,21-18-,28-25-,29-26-,36-27-,46-43-. The molecule has 83 heavy (non-hydrogen) atoms. The third-order valence-corrected chi connectivity index (χ3v) is 14.6. The minimum Gasteiger partial charge on any atom is -0.479 e. The van der Waals surface area contributed by atoms with Crippen molar-refractivity contribution in [3.8, 4) is 0 Å². The summed E-state index contributed by atoms with van der Waals surface area (Å²) in [5.41, 5.74) is 0. The second-order valence-corrected chi connectivity index (χ2v) is 22.4. The van der Waals surface area contributed by atoms with Crippen molar-refractivity contribution in [3.63, 3.8) is 0 Å². The van der Waals surface area contributed by atoms with E-state index in [-0.39, 0.29) is 25.9 Å². The topological polar surface area (TPSA) is 175 Å². The number of rotatable bonds is 56. The monoisotopic (exact) mass is 1160 g/mol. The summed E-state index contributed by atoms with van der Waals surface area (Å²) in [4.78, 5) is 51.4. The Bertz CT molecular complexity index is 1810. The van der Waals surface area contributed by atoms with Gasteiger partial charge >= 0.3 is 23.9 Å². The molecule has 0 aromatic carbocycles. The number of carbonyl (C=O) groups is 4. The lowest BCUT2D eigenvalue weighted by molar-refractivity contribution is -0.301. The first kappa shape index (κ1) is 76.7. The zero-order chi connectivity index (χ0) is 60.3. The molecule has 0 radical (unpaired) electrons. The van der Waals surface area contributed by atoms with Crippen LogP contribution < -0.4 is 0 Å². The van der Waals surface area contributed by atoms with E-state index in [0.29, 0.717) is 19.3 Å². The Balaban J connectivity index is 2.67. The number of aliphatic hydroxyl groups is 2. The Labute approximate surface area is 504 Å². The Morgan fingerprint density at radius 1 is 0.410 bits per heavy atom. The predicted molar refractivity (Wildman–Crippen MR) is 340 cm³/mol. The largest absolute Gasteiger partial charge is 0.479 e. The van der Waals surface area contributed by atoms with Gasteiger partial charge in [0.1, 0.15) is 18.8 Å². The molecule has 1 fully saturated rings. The third kappa shape index (κ3) is 47.6. The summed E-state index contributed by atoms with van der Waals surface area (Å²) in [5, 5.41) is 31.6. The molecule has 1 aliphatic heterocycles. The van der Waals surface area contributed by atoms with Gasteiger partial charge in [-0.05, 0) is 122 Å². The predicted octanol–water partition coefficient (Wildman–Crippen LogP) is 18.0. The number of aliphatic carboxylic acids is 1. The Morgan fingerprint density at radius 2 is 0.759 bits per heavy atom. The Morgan fingerprint density at radius 3 is 1.18 bits per heavy atom. The van der Waals surface area contributed by atoms with E-state index in [1.165, 1.54) is 109 Å². The number of allylic oxidation sites excluding steroid dienone is 16. The van der Waals surface area contributed by atoms with E-state index in [9.17, 15) is 34.5 Å². The van der Waals surface area contributed by atoms with Gasteiger partial charge in [-0.2, -0.15) is 0 Å². The van der Waals surface area contributed by atoms with E-state index in [1.807, 2.05) is 0 Å². The molecule has 0 spiro atoms. The van der Waals surface area contributed by atoms with Crippen molar-refractivity contribution in [1.82, 2.24) is 0 Å². The zero-order valence-corrected chi connectivity index (χ0v) is 52.4. The molecule has 0 aromatic heterocycles. The van der Waals surface area contributed by atoms with E-state index in [2.05, 4.69) is 118 Å². The van der Waals surface area contributed by atoms with Gasteiger partial charge < -0.3 is 39.0 Å². The first-order valence-electron chi connectivity index (χ1n) is 33.2. The van der Waals surface area contributed by atoms with Crippen molar-refractivity contribution >= 4 is 23.9 Å². The van der Waals surface area contributed by atoms with Crippen LogP contribution >= 0.6 is 0 Å². The van der Waals surface area contributed by atoms with Crippen molar-refractivity contribution in [2.75, 3.05) is 13.2 Å². The smallest absolute Gasteiger partial charge is 0.335 e. The maximum Gasteiger partial charge on any atom is 0.335 e. The highest BCUT2D eigenvalue weighted by molar-refractivity contribution is 5.74. The number of carbonyl (C=O) groups excluding carboxylic acids is 3. The van der Waals surface area contributed by atoms with Gasteiger partial charge in [-0.25, -0.2) is 4.79 Å². The minimum absolute atomic E-state index is 0.0469. The highest BCUT2D eigenvalue weighted by Gasteiger charge is 2.50. The molecule has 1 saturated heterocycles. The van der Waals surface area contributed by atoms with Crippen LogP contribution in [0.3, 0.4) is 0 Å². The second-order valence-electron chi connectivity index (χ2n) is 22.4. The maximum atomic E-state index is 13.2. The number of hydrogen-bond donors (Lipinski definition) is 3. The second kappa shape index (κ2) is 58.0. The first-order valence-corrected chi connectivity index (χ1v) is 33.2. The molecular weight excluding hydrogens is 1040 g/mol. The summed E-state index contributed by atoms with van der Waals surface area (Å²) < 4.78 is 28.5. The molecule has 1 aliphatic rings.